The lowest BCUT2D eigenvalue weighted by Crippen LogP contribution is -2.49. The summed E-state index contributed by atoms with van der Waals surface area (Å²) < 4.78 is 0. The first kappa shape index (κ1) is 16.5. The summed E-state index contributed by atoms with van der Waals surface area (Å²) in [4.78, 5) is 17.7. The lowest BCUT2D eigenvalue weighted by atomic mass is 10.00. The lowest BCUT2D eigenvalue weighted by Gasteiger charge is -2.37. The molecule has 1 atom stereocenters. The second-order valence-electron chi connectivity index (χ2n) is 6.80. The van der Waals surface area contributed by atoms with E-state index in [1.165, 1.54) is 32.4 Å². The summed E-state index contributed by atoms with van der Waals surface area (Å²) in [6, 6.07) is 8.67. The molecule has 1 unspecified atom stereocenters. The smallest absolute Gasteiger partial charge is 0.254 e. The van der Waals surface area contributed by atoms with Crippen LogP contribution < -0.4 is 5.32 Å². The van der Waals surface area contributed by atoms with E-state index in [1.54, 1.807) is 0 Å². The Morgan fingerprint density at radius 1 is 1.17 bits per heavy atom. The van der Waals surface area contributed by atoms with Gasteiger partial charge in [0.1, 0.15) is 0 Å². The molecule has 0 aromatic heterocycles. The van der Waals surface area contributed by atoms with Gasteiger partial charge in [0.15, 0.2) is 0 Å². The maximum Gasteiger partial charge on any atom is 0.254 e. The summed E-state index contributed by atoms with van der Waals surface area (Å²) in [6.45, 7) is 5.14. The van der Waals surface area contributed by atoms with Gasteiger partial charge in [0.2, 0.25) is 0 Å². The fraction of sp³-hybridized carbons (Fsp3) is 0.632. The normalized spacial score (nSPS) is 22.5. The first-order valence-corrected chi connectivity index (χ1v) is 9.05. The molecule has 1 N–H and O–H groups in total. The predicted molar refractivity (Wildman–Crippen MR) is 93.8 cm³/mol. The van der Waals surface area contributed by atoms with Crippen molar-refractivity contribution in [3.8, 4) is 0 Å². The van der Waals surface area contributed by atoms with Gasteiger partial charge in [0.25, 0.3) is 5.91 Å². The van der Waals surface area contributed by atoms with Gasteiger partial charge in [-0.25, -0.2) is 0 Å². The topological polar surface area (TPSA) is 35.6 Å². The van der Waals surface area contributed by atoms with E-state index in [9.17, 15) is 4.79 Å². The molecule has 4 heteroatoms. The third-order valence-electron chi connectivity index (χ3n) is 5.23. The van der Waals surface area contributed by atoms with Crippen molar-refractivity contribution in [1.82, 2.24) is 15.1 Å². The molecule has 2 aliphatic rings. The van der Waals surface area contributed by atoms with E-state index < -0.39 is 0 Å². The third kappa shape index (κ3) is 3.93. The van der Waals surface area contributed by atoms with E-state index in [1.807, 2.05) is 25.2 Å². The molecule has 0 radical (unpaired) electrons. The Kier molecular flexibility index (Phi) is 5.68. The Labute approximate surface area is 139 Å². The molecule has 4 nitrogen and oxygen atoms in total. The average molecular weight is 315 g/mol. The number of carbonyl (C=O) groups is 1. The SMILES string of the molecule is CNCCc1ccccc1C(=O)N1CCCC(N2CCCC2)C1. The van der Waals surface area contributed by atoms with Crippen LogP contribution in [0.15, 0.2) is 24.3 Å². The number of carbonyl (C=O) groups excluding carboxylic acids is 1. The second kappa shape index (κ2) is 7.93. The van der Waals surface area contributed by atoms with Crippen LogP contribution in [0.2, 0.25) is 0 Å². The van der Waals surface area contributed by atoms with Gasteiger partial charge in [-0.3, -0.25) is 9.69 Å². The maximum atomic E-state index is 13.0. The van der Waals surface area contributed by atoms with Gasteiger partial charge in [-0.2, -0.15) is 0 Å². The second-order valence-corrected chi connectivity index (χ2v) is 6.80. The third-order valence-corrected chi connectivity index (χ3v) is 5.23. The number of amides is 1. The van der Waals surface area contributed by atoms with Gasteiger partial charge in [-0.05, 0) is 70.4 Å². The Balaban J connectivity index is 1.69. The number of hydrogen-bond donors (Lipinski definition) is 1. The van der Waals surface area contributed by atoms with E-state index >= 15 is 0 Å². The molecule has 2 fully saturated rings. The van der Waals surface area contributed by atoms with Crippen LogP contribution in [0.4, 0.5) is 0 Å². The molecule has 2 saturated heterocycles. The summed E-state index contributed by atoms with van der Waals surface area (Å²) >= 11 is 0. The van der Waals surface area contributed by atoms with Crippen LogP contribution >= 0.6 is 0 Å². The maximum absolute atomic E-state index is 13.0. The minimum absolute atomic E-state index is 0.223. The van der Waals surface area contributed by atoms with Crippen molar-refractivity contribution in [2.24, 2.45) is 0 Å². The van der Waals surface area contributed by atoms with Crippen molar-refractivity contribution in [2.45, 2.75) is 38.1 Å². The van der Waals surface area contributed by atoms with Crippen LogP contribution in [0.25, 0.3) is 0 Å². The summed E-state index contributed by atoms with van der Waals surface area (Å²) in [5.41, 5.74) is 2.06. The Morgan fingerprint density at radius 2 is 1.96 bits per heavy atom. The Morgan fingerprint density at radius 3 is 2.74 bits per heavy atom. The number of piperidine rings is 1. The molecule has 1 amide bonds. The van der Waals surface area contributed by atoms with Crippen LogP contribution in [0, 0.1) is 0 Å². The van der Waals surface area contributed by atoms with Gasteiger partial charge in [-0.1, -0.05) is 18.2 Å². The number of hydrogen-bond acceptors (Lipinski definition) is 3. The molecule has 0 spiro atoms. The van der Waals surface area contributed by atoms with Crippen LogP contribution in [0.5, 0.6) is 0 Å². The van der Waals surface area contributed by atoms with Gasteiger partial charge < -0.3 is 10.2 Å². The fourth-order valence-corrected chi connectivity index (χ4v) is 3.92. The van der Waals surface area contributed by atoms with E-state index in [2.05, 4.69) is 21.2 Å². The van der Waals surface area contributed by atoms with E-state index in [0.29, 0.717) is 6.04 Å². The molecule has 1 aromatic rings. The zero-order chi connectivity index (χ0) is 16.1. The molecular formula is C19H29N3O. The molecular weight excluding hydrogens is 286 g/mol. The molecule has 126 valence electrons. The van der Waals surface area contributed by atoms with Crippen molar-refractivity contribution in [2.75, 3.05) is 39.8 Å². The summed E-state index contributed by atoms with van der Waals surface area (Å²) in [6.07, 6.45) is 5.91. The highest BCUT2D eigenvalue weighted by Crippen LogP contribution is 2.22. The summed E-state index contributed by atoms with van der Waals surface area (Å²) in [5.74, 6) is 0.223. The molecule has 2 heterocycles. The monoisotopic (exact) mass is 315 g/mol. The van der Waals surface area contributed by atoms with Crippen LogP contribution in [-0.4, -0.2) is 61.5 Å². The molecule has 23 heavy (non-hydrogen) atoms. The predicted octanol–water partition coefficient (Wildman–Crippen LogP) is 2.15. The number of likely N-dealkylation sites (tertiary alicyclic amines) is 2. The molecule has 0 aliphatic carbocycles. The summed E-state index contributed by atoms with van der Waals surface area (Å²) in [7, 11) is 1.95. The average Bonchev–Trinajstić information content (AvgIpc) is 3.14. The standard InChI is InChI=1S/C19H29N3O/c1-20-11-10-16-7-2-3-9-18(16)19(23)22-14-6-8-17(15-22)21-12-4-5-13-21/h2-3,7,9,17,20H,4-6,8,10-15H2,1H3. The van der Waals surface area contributed by atoms with Crippen molar-refractivity contribution >= 4 is 5.91 Å². The zero-order valence-electron chi connectivity index (χ0n) is 14.3. The van der Waals surface area contributed by atoms with Gasteiger partial charge in [0, 0.05) is 24.7 Å². The minimum Gasteiger partial charge on any atom is -0.337 e. The van der Waals surface area contributed by atoms with Crippen molar-refractivity contribution in [3.05, 3.63) is 35.4 Å². The number of nitrogens with one attached hydrogen (secondary N) is 1. The summed E-state index contributed by atoms with van der Waals surface area (Å²) in [5, 5.41) is 3.17. The van der Waals surface area contributed by atoms with Gasteiger partial charge >= 0.3 is 0 Å². The minimum atomic E-state index is 0.223. The number of rotatable bonds is 5. The van der Waals surface area contributed by atoms with Crippen LogP contribution in [0.3, 0.4) is 0 Å². The molecule has 0 saturated carbocycles. The van der Waals surface area contributed by atoms with E-state index in [-0.39, 0.29) is 5.91 Å². The van der Waals surface area contributed by atoms with Gasteiger partial charge in [0.05, 0.1) is 0 Å². The lowest BCUT2D eigenvalue weighted by molar-refractivity contribution is 0.0607. The number of nitrogens with zero attached hydrogens (tertiary/aromatic N) is 2. The number of likely N-dealkylation sites (N-methyl/N-ethyl adjacent to an activating group) is 1. The quantitative estimate of drug-likeness (QED) is 0.904. The highest BCUT2D eigenvalue weighted by molar-refractivity contribution is 5.95. The molecule has 2 aliphatic heterocycles. The Hall–Kier alpha value is -1.39. The van der Waals surface area contributed by atoms with Crippen LogP contribution in [0.1, 0.15) is 41.6 Å². The molecule has 0 bridgehead atoms. The highest BCUT2D eigenvalue weighted by Gasteiger charge is 2.30. The largest absolute Gasteiger partial charge is 0.337 e. The zero-order valence-corrected chi connectivity index (χ0v) is 14.3. The van der Waals surface area contributed by atoms with Gasteiger partial charge in [-0.15, -0.1) is 0 Å². The van der Waals surface area contributed by atoms with Crippen molar-refractivity contribution < 1.29 is 4.79 Å². The van der Waals surface area contributed by atoms with Crippen LogP contribution in [-0.2, 0) is 6.42 Å². The first-order chi connectivity index (χ1) is 11.3. The van der Waals surface area contributed by atoms with Crippen molar-refractivity contribution in [1.29, 1.82) is 0 Å². The van der Waals surface area contributed by atoms with Crippen molar-refractivity contribution in [3.63, 3.8) is 0 Å². The fourth-order valence-electron chi connectivity index (χ4n) is 3.92. The Bertz CT molecular complexity index is 525. The molecule has 1 aromatic carbocycles. The molecule has 3 rings (SSSR count). The number of benzene rings is 1. The van der Waals surface area contributed by atoms with E-state index in [4.69, 9.17) is 0 Å². The first-order valence-electron chi connectivity index (χ1n) is 9.05. The highest BCUT2D eigenvalue weighted by atomic mass is 16.2. The van der Waals surface area contributed by atoms with E-state index in [0.717, 1.165) is 43.6 Å².